The maximum atomic E-state index is 13.0. The first-order valence-electron chi connectivity index (χ1n) is 7.90. The van der Waals surface area contributed by atoms with Crippen LogP contribution in [0.5, 0.6) is 0 Å². The quantitative estimate of drug-likeness (QED) is 0.527. The monoisotopic (exact) mass is 334 g/mol. The first-order chi connectivity index (χ1) is 12.0. The fraction of sp³-hybridized carbons (Fsp3) is 0.158. The highest BCUT2D eigenvalue weighted by molar-refractivity contribution is 6.31. The van der Waals surface area contributed by atoms with Gasteiger partial charge in [-0.2, -0.15) is 0 Å². The molecule has 0 aromatic carbocycles. The molecule has 6 heteroatoms. The Bertz CT molecular complexity index is 1080. The van der Waals surface area contributed by atoms with E-state index >= 15 is 0 Å². The molecule has 0 aliphatic heterocycles. The summed E-state index contributed by atoms with van der Waals surface area (Å²) in [5, 5.41) is 0. The lowest BCUT2D eigenvalue weighted by atomic mass is 9.89. The van der Waals surface area contributed by atoms with Gasteiger partial charge in [0.25, 0.3) is 0 Å². The number of fused-ring (bicyclic) bond motifs is 4. The average molecular weight is 334 g/mol. The topological polar surface area (TPSA) is 77.7 Å². The van der Waals surface area contributed by atoms with E-state index < -0.39 is 5.97 Å². The van der Waals surface area contributed by atoms with Crippen molar-refractivity contribution in [2.75, 3.05) is 6.61 Å². The molecular weight excluding hydrogens is 320 g/mol. The number of nitrogens with zero attached hydrogens (tertiary/aromatic N) is 2. The number of aromatic nitrogens is 2. The number of pyridine rings is 2. The fourth-order valence-corrected chi connectivity index (χ4v) is 3.23. The summed E-state index contributed by atoms with van der Waals surface area (Å²) in [5.41, 5.74) is 2.09. The summed E-state index contributed by atoms with van der Waals surface area (Å²) in [7, 11) is 0. The maximum absolute atomic E-state index is 13.0. The molecule has 0 N–H and O–H groups in total. The lowest BCUT2D eigenvalue weighted by Gasteiger charge is -2.14. The average Bonchev–Trinajstić information content (AvgIpc) is 2.94. The van der Waals surface area contributed by atoms with Crippen LogP contribution >= 0.6 is 0 Å². The van der Waals surface area contributed by atoms with Gasteiger partial charge < -0.3 is 9.14 Å². The second-order valence-corrected chi connectivity index (χ2v) is 5.84. The van der Waals surface area contributed by atoms with Crippen molar-refractivity contribution in [2.24, 2.45) is 0 Å². The number of carbonyl (C=O) groups excluding carboxylic acids is 3. The summed E-state index contributed by atoms with van der Waals surface area (Å²) in [5.74, 6) is -1.37. The SMILES string of the molecule is CCOC(=O)c1c2c(n3ccc(C)cc13)C(=O)c1ncccc1C2=O. The van der Waals surface area contributed by atoms with Gasteiger partial charge in [0, 0.05) is 12.4 Å². The summed E-state index contributed by atoms with van der Waals surface area (Å²) < 4.78 is 6.72. The molecule has 3 heterocycles. The van der Waals surface area contributed by atoms with E-state index in [9.17, 15) is 14.4 Å². The molecule has 25 heavy (non-hydrogen) atoms. The van der Waals surface area contributed by atoms with Gasteiger partial charge in [0.1, 0.15) is 11.4 Å². The minimum Gasteiger partial charge on any atom is -0.462 e. The van der Waals surface area contributed by atoms with Crippen molar-refractivity contribution >= 4 is 23.1 Å². The zero-order valence-electron chi connectivity index (χ0n) is 13.7. The zero-order chi connectivity index (χ0) is 17.7. The Morgan fingerprint density at radius 1 is 1.24 bits per heavy atom. The van der Waals surface area contributed by atoms with E-state index in [4.69, 9.17) is 4.74 Å². The third-order valence-corrected chi connectivity index (χ3v) is 4.28. The van der Waals surface area contributed by atoms with E-state index in [0.29, 0.717) is 5.52 Å². The first kappa shape index (κ1) is 15.3. The van der Waals surface area contributed by atoms with Crippen molar-refractivity contribution in [2.45, 2.75) is 13.8 Å². The van der Waals surface area contributed by atoms with E-state index in [1.165, 1.54) is 6.20 Å². The second kappa shape index (κ2) is 5.37. The molecule has 124 valence electrons. The third kappa shape index (κ3) is 2.04. The minimum atomic E-state index is -0.611. The van der Waals surface area contributed by atoms with Gasteiger partial charge in [-0.15, -0.1) is 0 Å². The van der Waals surface area contributed by atoms with Crippen molar-refractivity contribution in [1.82, 2.24) is 9.38 Å². The fourth-order valence-electron chi connectivity index (χ4n) is 3.23. The van der Waals surface area contributed by atoms with Crippen molar-refractivity contribution in [1.29, 1.82) is 0 Å². The van der Waals surface area contributed by atoms with Crippen molar-refractivity contribution in [3.8, 4) is 0 Å². The van der Waals surface area contributed by atoms with Crippen LogP contribution in [-0.4, -0.2) is 33.5 Å². The molecule has 0 spiro atoms. The Hall–Kier alpha value is -3.28. The number of esters is 1. The molecule has 0 radical (unpaired) electrons. The van der Waals surface area contributed by atoms with E-state index in [1.54, 1.807) is 35.7 Å². The molecule has 3 aromatic rings. The van der Waals surface area contributed by atoms with Crippen molar-refractivity contribution < 1.29 is 19.1 Å². The molecule has 0 saturated heterocycles. The highest BCUT2D eigenvalue weighted by atomic mass is 16.5. The summed E-state index contributed by atoms with van der Waals surface area (Å²) in [6.45, 7) is 3.75. The third-order valence-electron chi connectivity index (χ3n) is 4.28. The minimum absolute atomic E-state index is 0.0922. The predicted octanol–water partition coefficient (Wildman–Crippen LogP) is 2.59. The van der Waals surface area contributed by atoms with E-state index in [-0.39, 0.29) is 46.3 Å². The highest BCUT2D eigenvalue weighted by Crippen LogP contribution is 2.33. The summed E-state index contributed by atoms with van der Waals surface area (Å²) in [6, 6.07) is 6.73. The van der Waals surface area contributed by atoms with Crippen LogP contribution < -0.4 is 0 Å². The van der Waals surface area contributed by atoms with Crippen LogP contribution in [0, 0.1) is 6.92 Å². The smallest absolute Gasteiger partial charge is 0.341 e. The number of carbonyl (C=O) groups is 3. The van der Waals surface area contributed by atoms with Gasteiger partial charge in [-0.05, 0) is 43.7 Å². The van der Waals surface area contributed by atoms with Crippen LogP contribution in [0.2, 0.25) is 0 Å². The number of rotatable bonds is 2. The van der Waals surface area contributed by atoms with E-state index in [1.807, 2.05) is 13.0 Å². The lowest BCUT2D eigenvalue weighted by molar-refractivity contribution is 0.0526. The van der Waals surface area contributed by atoms with E-state index in [2.05, 4.69) is 4.98 Å². The van der Waals surface area contributed by atoms with Crippen LogP contribution in [0.4, 0.5) is 0 Å². The Labute approximate surface area is 143 Å². The molecular formula is C19H14N2O4. The number of ether oxygens (including phenoxy) is 1. The van der Waals surface area contributed by atoms with Crippen LogP contribution in [0.1, 0.15) is 54.9 Å². The van der Waals surface area contributed by atoms with Crippen LogP contribution in [0.3, 0.4) is 0 Å². The molecule has 1 aliphatic carbocycles. The highest BCUT2D eigenvalue weighted by Gasteiger charge is 2.39. The van der Waals surface area contributed by atoms with Gasteiger partial charge in [-0.1, -0.05) is 0 Å². The normalized spacial score (nSPS) is 12.9. The zero-order valence-corrected chi connectivity index (χ0v) is 13.7. The molecule has 0 bridgehead atoms. The van der Waals surface area contributed by atoms with E-state index in [0.717, 1.165) is 5.56 Å². The molecule has 1 aliphatic rings. The van der Waals surface area contributed by atoms with Gasteiger partial charge in [-0.25, -0.2) is 4.79 Å². The summed E-state index contributed by atoms with van der Waals surface area (Å²) in [4.78, 5) is 42.6. The Kier molecular flexibility index (Phi) is 3.28. The molecule has 0 unspecified atom stereocenters. The molecule has 0 amide bonds. The summed E-state index contributed by atoms with van der Waals surface area (Å²) >= 11 is 0. The number of ketones is 2. The molecule has 0 atom stereocenters. The molecule has 0 saturated carbocycles. The van der Waals surface area contributed by atoms with Crippen molar-refractivity contribution in [3.63, 3.8) is 0 Å². The number of aryl methyl sites for hydroxylation is 1. The van der Waals surface area contributed by atoms with Crippen LogP contribution in [0.15, 0.2) is 36.7 Å². The van der Waals surface area contributed by atoms with Crippen LogP contribution in [-0.2, 0) is 4.74 Å². The Balaban J connectivity index is 2.13. The molecule has 4 rings (SSSR count). The molecule has 6 nitrogen and oxygen atoms in total. The maximum Gasteiger partial charge on any atom is 0.341 e. The van der Waals surface area contributed by atoms with Crippen LogP contribution in [0.25, 0.3) is 5.52 Å². The first-order valence-corrected chi connectivity index (χ1v) is 7.90. The van der Waals surface area contributed by atoms with Crippen molar-refractivity contribution in [3.05, 3.63) is 70.3 Å². The second-order valence-electron chi connectivity index (χ2n) is 5.84. The summed E-state index contributed by atoms with van der Waals surface area (Å²) in [6.07, 6.45) is 3.16. The van der Waals surface area contributed by atoms with Gasteiger partial charge in [0.15, 0.2) is 5.78 Å². The predicted molar refractivity (Wildman–Crippen MR) is 89.2 cm³/mol. The largest absolute Gasteiger partial charge is 0.462 e. The van der Waals surface area contributed by atoms with Gasteiger partial charge in [-0.3, -0.25) is 14.6 Å². The van der Waals surface area contributed by atoms with Gasteiger partial charge >= 0.3 is 5.97 Å². The standard InChI is InChI=1S/C19H14N2O4/c1-3-25-19(24)13-12-9-10(2)6-8-21(12)16-14(13)17(22)11-5-4-7-20-15(11)18(16)23/h4-9H,3H2,1-2H3. The van der Waals surface area contributed by atoms with Gasteiger partial charge in [0.2, 0.25) is 5.78 Å². The molecule has 3 aromatic heterocycles. The Morgan fingerprint density at radius 3 is 2.80 bits per heavy atom. The molecule has 0 fully saturated rings. The lowest BCUT2D eigenvalue weighted by Crippen LogP contribution is -2.24. The Morgan fingerprint density at radius 2 is 2.04 bits per heavy atom. The number of hydrogen-bond donors (Lipinski definition) is 0. The van der Waals surface area contributed by atoms with Gasteiger partial charge in [0.05, 0.1) is 28.8 Å². The number of hydrogen-bond acceptors (Lipinski definition) is 5.